The van der Waals surface area contributed by atoms with Gasteiger partial charge in [-0.3, -0.25) is 0 Å². The van der Waals surface area contributed by atoms with Crippen molar-refractivity contribution in [3.05, 3.63) is 18.2 Å². The van der Waals surface area contributed by atoms with E-state index in [-0.39, 0.29) is 12.1 Å². The fraction of sp³-hybridized carbons (Fsp3) is 0.727. The zero-order valence-corrected chi connectivity index (χ0v) is 9.61. The first-order chi connectivity index (χ1) is 7.90. The van der Waals surface area contributed by atoms with Gasteiger partial charge in [0.2, 0.25) is 0 Å². The van der Waals surface area contributed by atoms with Gasteiger partial charge in [0.15, 0.2) is 0 Å². The van der Waals surface area contributed by atoms with E-state index in [0.29, 0.717) is 19.8 Å². The predicted octanol–water partition coefficient (Wildman–Crippen LogP) is 0.346. The summed E-state index contributed by atoms with van der Waals surface area (Å²) in [5.41, 5.74) is 0. The lowest BCUT2D eigenvalue weighted by Gasteiger charge is -2.30. The number of nitrogens with one attached hydrogen (secondary N) is 2. The van der Waals surface area contributed by atoms with Gasteiger partial charge in [0.05, 0.1) is 25.9 Å². The topological polar surface area (TPSA) is 59.2 Å². The highest BCUT2D eigenvalue weighted by atomic mass is 16.6. The van der Waals surface area contributed by atoms with Crippen LogP contribution in [-0.2, 0) is 15.9 Å². The average molecular weight is 225 g/mol. The minimum absolute atomic E-state index is 0.124. The van der Waals surface area contributed by atoms with Crippen LogP contribution in [0.3, 0.4) is 0 Å². The monoisotopic (exact) mass is 225 g/mol. The summed E-state index contributed by atoms with van der Waals surface area (Å²) < 4.78 is 11.1. The van der Waals surface area contributed by atoms with Crippen LogP contribution in [-0.4, -0.2) is 48.5 Å². The molecule has 2 unspecified atom stereocenters. The summed E-state index contributed by atoms with van der Waals surface area (Å²) >= 11 is 0. The normalized spacial score (nSPS) is 23.2. The number of nitrogens with zero attached hydrogens (tertiary/aromatic N) is 1. The molecule has 1 fully saturated rings. The van der Waals surface area contributed by atoms with Crippen molar-refractivity contribution < 1.29 is 9.47 Å². The van der Waals surface area contributed by atoms with E-state index in [1.165, 1.54) is 0 Å². The van der Waals surface area contributed by atoms with Gasteiger partial charge in [-0.2, -0.15) is 0 Å². The highest BCUT2D eigenvalue weighted by molar-refractivity contribution is 4.94. The van der Waals surface area contributed by atoms with Crippen LogP contribution >= 0.6 is 0 Å². The maximum atomic E-state index is 5.71. The van der Waals surface area contributed by atoms with Crippen LogP contribution in [0.5, 0.6) is 0 Å². The number of aromatic amines is 1. The summed E-state index contributed by atoms with van der Waals surface area (Å²) in [6.45, 7) is 5.07. The molecule has 1 aromatic heterocycles. The van der Waals surface area contributed by atoms with Crippen molar-refractivity contribution in [3.63, 3.8) is 0 Å². The number of aromatic nitrogens is 2. The third-order valence-corrected chi connectivity index (χ3v) is 2.72. The number of imidazole rings is 1. The Hall–Kier alpha value is -0.910. The van der Waals surface area contributed by atoms with E-state index in [1.54, 1.807) is 6.20 Å². The van der Waals surface area contributed by atoms with Crippen LogP contribution in [0.2, 0.25) is 0 Å². The molecule has 1 saturated heterocycles. The molecule has 2 rings (SSSR count). The number of likely N-dealkylation sites (N-methyl/N-ethyl adjacent to an activating group) is 1. The van der Waals surface area contributed by atoms with Crippen molar-refractivity contribution in [2.45, 2.75) is 25.5 Å². The second kappa shape index (κ2) is 5.98. The summed E-state index contributed by atoms with van der Waals surface area (Å²) in [5.74, 6) is 0.986. The van der Waals surface area contributed by atoms with Crippen LogP contribution in [0.25, 0.3) is 0 Å². The van der Waals surface area contributed by atoms with Crippen LogP contribution in [0.15, 0.2) is 12.4 Å². The van der Waals surface area contributed by atoms with Gasteiger partial charge in [-0.05, 0) is 6.54 Å². The highest BCUT2D eigenvalue weighted by Crippen LogP contribution is 2.09. The Kier molecular flexibility index (Phi) is 4.33. The molecule has 2 N–H and O–H groups in total. The Morgan fingerprint density at radius 3 is 3.19 bits per heavy atom. The van der Waals surface area contributed by atoms with Gasteiger partial charge in [-0.15, -0.1) is 0 Å². The lowest BCUT2D eigenvalue weighted by molar-refractivity contribution is -0.101. The van der Waals surface area contributed by atoms with Gasteiger partial charge >= 0.3 is 0 Å². The molecule has 90 valence electrons. The zero-order valence-electron chi connectivity index (χ0n) is 9.61. The summed E-state index contributed by atoms with van der Waals surface area (Å²) in [7, 11) is 0. The molecular formula is C11H19N3O2. The molecule has 0 radical (unpaired) electrons. The van der Waals surface area contributed by atoms with E-state index in [1.807, 2.05) is 6.20 Å². The molecule has 0 saturated carbocycles. The van der Waals surface area contributed by atoms with Crippen LogP contribution in [0.4, 0.5) is 0 Å². The van der Waals surface area contributed by atoms with Gasteiger partial charge < -0.3 is 19.8 Å². The molecule has 2 heterocycles. The molecule has 1 aromatic rings. The fourth-order valence-corrected chi connectivity index (χ4v) is 1.95. The molecule has 5 nitrogen and oxygen atoms in total. The maximum Gasteiger partial charge on any atom is 0.107 e. The Bertz CT molecular complexity index is 283. The number of ether oxygens (including phenoxy) is 2. The van der Waals surface area contributed by atoms with Crippen molar-refractivity contribution in [3.8, 4) is 0 Å². The Balaban J connectivity index is 1.92. The van der Waals surface area contributed by atoms with Crippen molar-refractivity contribution in [2.24, 2.45) is 0 Å². The minimum Gasteiger partial charge on any atom is -0.376 e. The van der Waals surface area contributed by atoms with E-state index < -0.39 is 0 Å². The van der Waals surface area contributed by atoms with Crippen LogP contribution in [0.1, 0.15) is 12.7 Å². The summed E-state index contributed by atoms with van der Waals surface area (Å²) in [4.78, 5) is 7.36. The van der Waals surface area contributed by atoms with E-state index >= 15 is 0 Å². The molecule has 1 aliphatic rings. The first kappa shape index (κ1) is 11.6. The molecule has 1 aliphatic heterocycles. The number of H-pyrrole nitrogens is 1. The van der Waals surface area contributed by atoms with Crippen LogP contribution < -0.4 is 5.32 Å². The maximum absolute atomic E-state index is 5.71. The minimum atomic E-state index is 0.124. The quantitative estimate of drug-likeness (QED) is 0.759. The van der Waals surface area contributed by atoms with Gasteiger partial charge in [-0.1, -0.05) is 6.92 Å². The number of rotatable bonds is 5. The second-order valence-electron chi connectivity index (χ2n) is 3.89. The third kappa shape index (κ3) is 3.04. The molecule has 16 heavy (non-hydrogen) atoms. The summed E-state index contributed by atoms with van der Waals surface area (Å²) in [6.07, 6.45) is 4.58. The summed E-state index contributed by atoms with van der Waals surface area (Å²) in [6, 6.07) is 0.261. The van der Waals surface area contributed by atoms with Crippen molar-refractivity contribution in [1.29, 1.82) is 0 Å². The van der Waals surface area contributed by atoms with E-state index in [4.69, 9.17) is 9.47 Å². The van der Waals surface area contributed by atoms with Gasteiger partial charge in [0, 0.05) is 24.9 Å². The standard InChI is InChI=1S/C11H19N3O2/c1-2-12-9(7-11-13-3-4-14-11)10-8-15-5-6-16-10/h3-4,9-10,12H,2,5-8H2,1H3,(H,13,14). The Labute approximate surface area is 95.6 Å². The first-order valence-corrected chi connectivity index (χ1v) is 5.81. The van der Waals surface area contributed by atoms with E-state index in [2.05, 4.69) is 22.2 Å². The molecule has 5 heteroatoms. The van der Waals surface area contributed by atoms with Gasteiger partial charge in [-0.25, -0.2) is 4.98 Å². The number of hydrogen-bond acceptors (Lipinski definition) is 4. The third-order valence-electron chi connectivity index (χ3n) is 2.72. The Morgan fingerprint density at radius 2 is 2.56 bits per heavy atom. The first-order valence-electron chi connectivity index (χ1n) is 5.81. The van der Waals surface area contributed by atoms with Gasteiger partial charge in [0.25, 0.3) is 0 Å². The van der Waals surface area contributed by atoms with Crippen molar-refractivity contribution >= 4 is 0 Å². The summed E-state index contributed by atoms with van der Waals surface area (Å²) in [5, 5.41) is 3.43. The van der Waals surface area contributed by atoms with Gasteiger partial charge in [0.1, 0.15) is 5.82 Å². The fourth-order valence-electron chi connectivity index (χ4n) is 1.95. The molecule has 0 spiro atoms. The average Bonchev–Trinajstić information content (AvgIpc) is 2.83. The van der Waals surface area contributed by atoms with E-state index in [0.717, 1.165) is 18.8 Å². The largest absolute Gasteiger partial charge is 0.376 e. The highest BCUT2D eigenvalue weighted by Gasteiger charge is 2.25. The van der Waals surface area contributed by atoms with Crippen molar-refractivity contribution in [1.82, 2.24) is 15.3 Å². The number of hydrogen-bond donors (Lipinski definition) is 2. The second-order valence-corrected chi connectivity index (χ2v) is 3.89. The molecule has 0 aromatic carbocycles. The molecule has 0 amide bonds. The predicted molar refractivity (Wildman–Crippen MR) is 60.3 cm³/mol. The lowest BCUT2D eigenvalue weighted by atomic mass is 10.1. The molecule has 2 atom stereocenters. The molecular weight excluding hydrogens is 206 g/mol. The van der Waals surface area contributed by atoms with Crippen LogP contribution in [0, 0.1) is 0 Å². The Morgan fingerprint density at radius 1 is 1.62 bits per heavy atom. The molecule has 0 bridgehead atoms. The molecule has 0 aliphatic carbocycles. The zero-order chi connectivity index (χ0) is 11.2. The van der Waals surface area contributed by atoms with Crippen molar-refractivity contribution in [2.75, 3.05) is 26.4 Å². The SMILES string of the molecule is CCNC(Cc1ncc[nH]1)C1COCCO1. The van der Waals surface area contributed by atoms with E-state index in [9.17, 15) is 0 Å². The lowest BCUT2D eigenvalue weighted by Crippen LogP contribution is -2.48. The smallest absolute Gasteiger partial charge is 0.107 e.